The SMILES string of the molecule is COc1nc(NCC(C)O)ncc1Br. The summed E-state index contributed by atoms with van der Waals surface area (Å²) in [6.07, 6.45) is 1.16. The highest BCUT2D eigenvalue weighted by atomic mass is 79.9. The largest absolute Gasteiger partial charge is 0.480 e. The van der Waals surface area contributed by atoms with Gasteiger partial charge in [0.25, 0.3) is 0 Å². The number of anilines is 1. The fourth-order valence-electron chi connectivity index (χ4n) is 0.819. The highest BCUT2D eigenvalue weighted by Gasteiger charge is 2.04. The molecule has 5 nitrogen and oxygen atoms in total. The van der Waals surface area contributed by atoms with E-state index in [-0.39, 0.29) is 0 Å². The summed E-state index contributed by atoms with van der Waals surface area (Å²) in [7, 11) is 1.53. The number of nitrogens with one attached hydrogen (secondary N) is 1. The van der Waals surface area contributed by atoms with E-state index in [1.54, 1.807) is 13.1 Å². The van der Waals surface area contributed by atoms with E-state index in [4.69, 9.17) is 9.84 Å². The Morgan fingerprint density at radius 1 is 1.71 bits per heavy atom. The van der Waals surface area contributed by atoms with Crippen LogP contribution in [0.3, 0.4) is 0 Å². The lowest BCUT2D eigenvalue weighted by atomic mass is 10.4. The van der Waals surface area contributed by atoms with Crippen molar-refractivity contribution in [2.75, 3.05) is 19.0 Å². The summed E-state index contributed by atoms with van der Waals surface area (Å²) >= 11 is 3.24. The molecule has 0 aliphatic rings. The van der Waals surface area contributed by atoms with E-state index in [9.17, 15) is 0 Å². The molecule has 1 rings (SSSR count). The Morgan fingerprint density at radius 2 is 2.43 bits per heavy atom. The average molecular weight is 262 g/mol. The zero-order valence-corrected chi connectivity index (χ0v) is 9.58. The van der Waals surface area contributed by atoms with Crippen molar-refractivity contribution in [3.05, 3.63) is 10.7 Å². The first-order chi connectivity index (χ1) is 6.63. The normalized spacial score (nSPS) is 12.3. The van der Waals surface area contributed by atoms with E-state index < -0.39 is 6.10 Å². The van der Waals surface area contributed by atoms with Gasteiger partial charge in [-0.15, -0.1) is 0 Å². The van der Waals surface area contributed by atoms with Gasteiger partial charge in [0.15, 0.2) is 0 Å². The van der Waals surface area contributed by atoms with Gasteiger partial charge in [-0.1, -0.05) is 0 Å². The van der Waals surface area contributed by atoms with Gasteiger partial charge in [0.1, 0.15) is 0 Å². The predicted molar refractivity (Wildman–Crippen MR) is 56.5 cm³/mol. The molecule has 0 spiro atoms. The zero-order chi connectivity index (χ0) is 10.6. The molecule has 0 aliphatic carbocycles. The molecule has 2 N–H and O–H groups in total. The van der Waals surface area contributed by atoms with Crippen LogP contribution in [0.2, 0.25) is 0 Å². The maximum absolute atomic E-state index is 9.04. The number of ether oxygens (including phenoxy) is 1. The Balaban J connectivity index is 2.69. The van der Waals surface area contributed by atoms with Crippen LogP contribution in [0.15, 0.2) is 10.7 Å². The molecular formula is C8H12BrN3O2. The van der Waals surface area contributed by atoms with Gasteiger partial charge in [-0.25, -0.2) is 4.98 Å². The van der Waals surface area contributed by atoms with Crippen molar-refractivity contribution < 1.29 is 9.84 Å². The van der Waals surface area contributed by atoms with Gasteiger partial charge in [-0.05, 0) is 22.9 Å². The van der Waals surface area contributed by atoms with Gasteiger partial charge in [0.05, 0.1) is 23.9 Å². The lowest BCUT2D eigenvalue weighted by Crippen LogP contribution is -2.16. The van der Waals surface area contributed by atoms with Gasteiger partial charge < -0.3 is 15.2 Å². The summed E-state index contributed by atoms with van der Waals surface area (Å²) in [4.78, 5) is 8.06. The van der Waals surface area contributed by atoms with Crippen LogP contribution in [0.25, 0.3) is 0 Å². The highest BCUT2D eigenvalue weighted by molar-refractivity contribution is 9.10. The fourth-order valence-corrected chi connectivity index (χ4v) is 1.17. The quantitative estimate of drug-likeness (QED) is 0.848. The lowest BCUT2D eigenvalue weighted by Gasteiger charge is -2.08. The monoisotopic (exact) mass is 261 g/mol. The third-order valence-electron chi connectivity index (χ3n) is 1.46. The number of hydrogen-bond donors (Lipinski definition) is 2. The van der Waals surface area contributed by atoms with Gasteiger partial charge in [0, 0.05) is 6.54 Å². The summed E-state index contributed by atoms with van der Waals surface area (Å²) in [6, 6.07) is 0. The third kappa shape index (κ3) is 3.12. The van der Waals surface area contributed by atoms with Gasteiger partial charge in [-0.2, -0.15) is 4.98 Å². The first kappa shape index (κ1) is 11.2. The second kappa shape index (κ2) is 5.11. The predicted octanol–water partition coefficient (Wildman–Crippen LogP) is 1.04. The zero-order valence-electron chi connectivity index (χ0n) is 7.99. The lowest BCUT2D eigenvalue weighted by molar-refractivity contribution is 0.208. The minimum atomic E-state index is -0.437. The molecule has 0 aliphatic heterocycles. The van der Waals surface area contributed by atoms with Crippen LogP contribution < -0.4 is 10.1 Å². The molecule has 6 heteroatoms. The standard InChI is InChI=1S/C8H12BrN3O2/c1-5(13)3-10-8-11-4-6(9)7(12-8)14-2/h4-5,13H,3H2,1-2H3,(H,10,11,12). The number of halogens is 1. The molecule has 0 saturated heterocycles. The molecule has 14 heavy (non-hydrogen) atoms. The van der Waals surface area contributed by atoms with E-state index in [0.717, 1.165) is 0 Å². The Hall–Kier alpha value is -0.880. The molecule has 0 amide bonds. The highest BCUT2D eigenvalue weighted by Crippen LogP contribution is 2.21. The second-order valence-corrected chi connectivity index (χ2v) is 3.64. The van der Waals surface area contributed by atoms with E-state index in [1.807, 2.05) is 0 Å². The summed E-state index contributed by atoms with van der Waals surface area (Å²) < 4.78 is 5.69. The third-order valence-corrected chi connectivity index (χ3v) is 2.00. The Morgan fingerprint density at radius 3 is 3.00 bits per heavy atom. The topological polar surface area (TPSA) is 67.3 Å². The molecule has 0 fully saturated rings. The van der Waals surface area contributed by atoms with Crippen LogP contribution in [0.1, 0.15) is 6.92 Å². The van der Waals surface area contributed by atoms with Crippen LogP contribution in [-0.4, -0.2) is 34.8 Å². The van der Waals surface area contributed by atoms with Gasteiger partial charge in [0.2, 0.25) is 11.8 Å². The van der Waals surface area contributed by atoms with Crippen molar-refractivity contribution in [2.24, 2.45) is 0 Å². The summed E-state index contributed by atoms with van der Waals surface area (Å²) in [5.74, 6) is 0.902. The molecule has 78 valence electrons. The summed E-state index contributed by atoms with van der Waals surface area (Å²) in [5, 5.41) is 11.9. The van der Waals surface area contributed by atoms with Crippen LogP contribution in [-0.2, 0) is 0 Å². The van der Waals surface area contributed by atoms with Crippen molar-refractivity contribution in [2.45, 2.75) is 13.0 Å². The minimum absolute atomic E-state index is 0.408. The molecule has 1 aromatic rings. The Kier molecular flexibility index (Phi) is 4.09. The molecule has 0 bridgehead atoms. The number of aliphatic hydroxyl groups excluding tert-OH is 1. The Labute approximate surface area is 90.7 Å². The average Bonchev–Trinajstić information content (AvgIpc) is 2.16. The summed E-state index contributed by atoms with van der Waals surface area (Å²) in [5.41, 5.74) is 0. The number of rotatable bonds is 4. The Bertz CT molecular complexity index is 307. The summed E-state index contributed by atoms with van der Waals surface area (Å²) in [6.45, 7) is 2.09. The molecule has 1 unspecified atom stereocenters. The van der Waals surface area contributed by atoms with Crippen LogP contribution in [0.4, 0.5) is 5.95 Å². The molecular weight excluding hydrogens is 250 g/mol. The maximum atomic E-state index is 9.04. The first-order valence-corrected chi connectivity index (χ1v) is 4.91. The molecule has 0 aromatic carbocycles. The van der Waals surface area contributed by atoms with Gasteiger partial charge in [-0.3, -0.25) is 0 Å². The fraction of sp³-hybridized carbons (Fsp3) is 0.500. The molecule has 1 heterocycles. The van der Waals surface area contributed by atoms with Crippen molar-refractivity contribution in [1.82, 2.24) is 9.97 Å². The molecule has 0 saturated carbocycles. The van der Waals surface area contributed by atoms with Crippen molar-refractivity contribution in [1.29, 1.82) is 0 Å². The van der Waals surface area contributed by atoms with E-state index in [0.29, 0.717) is 22.8 Å². The molecule has 1 aromatic heterocycles. The smallest absolute Gasteiger partial charge is 0.232 e. The van der Waals surface area contributed by atoms with Crippen molar-refractivity contribution >= 4 is 21.9 Å². The van der Waals surface area contributed by atoms with Crippen LogP contribution in [0.5, 0.6) is 5.88 Å². The van der Waals surface area contributed by atoms with E-state index >= 15 is 0 Å². The van der Waals surface area contributed by atoms with Crippen LogP contribution in [0, 0.1) is 0 Å². The number of aliphatic hydroxyl groups is 1. The van der Waals surface area contributed by atoms with E-state index in [1.165, 1.54) is 7.11 Å². The number of methoxy groups -OCH3 is 1. The number of aromatic nitrogens is 2. The van der Waals surface area contributed by atoms with Gasteiger partial charge >= 0.3 is 0 Å². The van der Waals surface area contributed by atoms with Crippen LogP contribution >= 0.6 is 15.9 Å². The molecule has 0 radical (unpaired) electrons. The maximum Gasteiger partial charge on any atom is 0.232 e. The first-order valence-electron chi connectivity index (χ1n) is 4.12. The minimum Gasteiger partial charge on any atom is -0.480 e. The van der Waals surface area contributed by atoms with Crippen molar-refractivity contribution in [3.8, 4) is 5.88 Å². The van der Waals surface area contributed by atoms with E-state index in [2.05, 4.69) is 31.2 Å². The molecule has 1 atom stereocenters. The second-order valence-electron chi connectivity index (χ2n) is 2.78. The number of nitrogens with zero attached hydrogens (tertiary/aromatic N) is 2. The number of hydrogen-bond acceptors (Lipinski definition) is 5. The van der Waals surface area contributed by atoms with Crippen molar-refractivity contribution in [3.63, 3.8) is 0 Å².